The quantitative estimate of drug-likeness (QED) is 0.741. The number of hydrogen-bond acceptors (Lipinski definition) is 5. The summed E-state index contributed by atoms with van der Waals surface area (Å²) in [5.74, 6) is 0.918. The van der Waals surface area contributed by atoms with Gasteiger partial charge in [-0.25, -0.2) is 4.79 Å². The predicted octanol–water partition coefficient (Wildman–Crippen LogP) is 3.94. The van der Waals surface area contributed by atoms with Crippen LogP contribution in [0.2, 0.25) is 0 Å². The standard InChI is InChI=1S/C19H22O5S/c1-13(25-12-14-4-8-16(23-3)9-5-14)19(2,18(21)22)24-17-10-6-15(20)7-11-17/h4-11,13,20H,12H2,1-3H3,(H,21,22). The number of rotatable bonds is 8. The van der Waals surface area contributed by atoms with Crippen LogP contribution in [0.4, 0.5) is 0 Å². The van der Waals surface area contributed by atoms with E-state index >= 15 is 0 Å². The van der Waals surface area contributed by atoms with Crippen molar-refractivity contribution in [3.05, 3.63) is 54.1 Å². The van der Waals surface area contributed by atoms with Crippen LogP contribution in [-0.4, -0.2) is 34.1 Å². The number of carboxylic acid groups (broad SMARTS) is 1. The van der Waals surface area contributed by atoms with Crippen LogP contribution in [-0.2, 0) is 10.5 Å². The van der Waals surface area contributed by atoms with Crippen molar-refractivity contribution in [2.24, 2.45) is 0 Å². The van der Waals surface area contributed by atoms with E-state index in [4.69, 9.17) is 9.47 Å². The van der Waals surface area contributed by atoms with Crippen LogP contribution < -0.4 is 9.47 Å². The summed E-state index contributed by atoms with van der Waals surface area (Å²) in [6.45, 7) is 3.40. The fourth-order valence-electron chi connectivity index (χ4n) is 2.16. The summed E-state index contributed by atoms with van der Waals surface area (Å²) in [6.07, 6.45) is 0. The Kier molecular flexibility index (Phi) is 6.20. The van der Waals surface area contributed by atoms with E-state index < -0.39 is 11.6 Å². The van der Waals surface area contributed by atoms with Gasteiger partial charge in [-0.15, -0.1) is 11.8 Å². The zero-order chi connectivity index (χ0) is 18.4. The third-order valence-corrected chi connectivity index (χ3v) is 5.48. The lowest BCUT2D eigenvalue weighted by atomic mass is 10.0. The molecule has 25 heavy (non-hydrogen) atoms. The third kappa shape index (κ3) is 4.82. The van der Waals surface area contributed by atoms with E-state index in [1.807, 2.05) is 31.2 Å². The zero-order valence-electron chi connectivity index (χ0n) is 14.4. The molecule has 0 aliphatic heterocycles. The van der Waals surface area contributed by atoms with Crippen molar-refractivity contribution in [3.8, 4) is 17.2 Å². The summed E-state index contributed by atoms with van der Waals surface area (Å²) in [4.78, 5) is 11.8. The third-order valence-electron chi connectivity index (χ3n) is 4.03. The maximum atomic E-state index is 11.8. The van der Waals surface area contributed by atoms with Crippen LogP contribution >= 0.6 is 11.8 Å². The minimum atomic E-state index is -1.39. The molecule has 0 saturated carbocycles. The van der Waals surface area contributed by atoms with Crippen molar-refractivity contribution < 1.29 is 24.5 Å². The van der Waals surface area contributed by atoms with Crippen LogP contribution in [0.15, 0.2) is 48.5 Å². The second-order valence-corrected chi connectivity index (χ2v) is 7.14. The fourth-order valence-corrected chi connectivity index (χ4v) is 3.26. The van der Waals surface area contributed by atoms with Crippen LogP contribution in [0.1, 0.15) is 19.4 Å². The van der Waals surface area contributed by atoms with Gasteiger partial charge in [-0.2, -0.15) is 0 Å². The first-order chi connectivity index (χ1) is 11.8. The molecule has 2 rings (SSSR count). The first-order valence-electron chi connectivity index (χ1n) is 7.81. The number of carbonyl (C=O) groups is 1. The second-order valence-electron chi connectivity index (χ2n) is 5.81. The molecular weight excluding hydrogens is 340 g/mol. The van der Waals surface area contributed by atoms with Gasteiger partial charge in [-0.05, 0) is 55.8 Å². The minimum Gasteiger partial charge on any atom is -0.508 e. The highest BCUT2D eigenvalue weighted by Crippen LogP contribution is 2.32. The molecule has 2 unspecified atom stereocenters. The Labute approximate surface area is 151 Å². The Hall–Kier alpha value is -2.34. The molecule has 0 saturated heterocycles. The summed E-state index contributed by atoms with van der Waals surface area (Å²) in [7, 11) is 1.62. The van der Waals surface area contributed by atoms with Gasteiger partial charge in [0.2, 0.25) is 5.60 Å². The number of phenolic OH excluding ortho intramolecular Hbond substituents is 1. The van der Waals surface area contributed by atoms with Gasteiger partial charge >= 0.3 is 5.97 Å². The van der Waals surface area contributed by atoms with Gasteiger partial charge in [0, 0.05) is 5.75 Å². The molecule has 0 amide bonds. The van der Waals surface area contributed by atoms with Crippen molar-refractivity contribution >= 4 is 17.7 Å². The van der Waals surface area contributed by atoms with Gasteiger partial charge in [-0.3, -0.25) is 0 Å². The molecule has 0 fully saturated rings. The van der Waals surface area contributed by atoms with Gasteiger partial charge in [0.15, 0.2) is 0 Å². The maximum absolute atomic E-state index is 11.8. The van der Waals surface area contributed by atoms with E-state index in [2.05, 4.69) is 0 Å². The van der Waals surface area contributed by atoms with Gasteiger partial charge in [0.25, 0.3) is 0 Å². The van der Waals surface area contributed by atoms with Crippen molar-refractivity contribution in [3.63, 3.8) is 0 Å². The van der Waals surface area contributed by atoms with Gasteiger partial charge in [0.05, 0.1) is 12.4 Å². The van der Waals surface area contributed by atoms with E-state index in [0.29, 0.717) is 11.5 Å². The van der Waals surface area contributed by atoms with E-state index in [1.165, 1.54) is 23.9 Å². The highest BCUT2D eigenvalue weighted by atomic mass is 32.2. The van der Waals surface area contributed by atoms with E-state index in [0.717, 1.165) is 11.3 Å². The number of carboxylic acids is 1. The lowest BCUT2D eigenvalue weighted by Gasteiger charge is -2.32. The van der Waals surface area contributed by atoms with E-state index in [9.17, 15) is 15.0 Å². The number of methoxy groups -OCH3 is 1. The Morgan fingerprint density at radius 2 is 1.68 bits per heavy atom. The van der Waals surface area contributed by atoms with Crippen LogP contribution in [0, 0.1) is 0 Å². The number of aromatic hydroxyl groups is 1. The molecule has 0 aromatic heterocycles. The molecular formula is C19H22O5S. The first-order valence-corrected chi connectivity index (χ1v) is 8.86. The summed E-state index contributed by atoms with van der Waals surface area (Å²) >= 11 is 1.50. The lowest BCUT2D eigenvalue weighted by molar-refractivity contribution is -0.153. The molecule has 6 heteroatoms. The topological polar surface area (TPSA) is 76.0 Å². The van der Waals surface area contributed by atoms with Gasteiger partial charge in [0.1, 0.15) is 17.2 Å². The van der Waals surface area contributed by atoms with Crippen LogP contribution in [0.25, 0.3) is 0 Å². The first kappa shape index (κ1) is 19.0. The lowest BCUT2D eigenvalue weighted by Crippen LogP contribution is -2.49. The monoisotopic (exact) mass is 362 g/mol. The SMILES string of the molecule is COc1ccc(CSC(C)C(C)(Oc2ccc(O)cc2)C(=O)O)cc1. The molecule has 0 aliphatic carbocycles. The molecule has 2 atom stereocenters. The van der Waals surface area contributed by atoms with E-state index in [-0.39, 0.29) is 11.0 Å². The molecule has 5 nitrogen and oxygen atoms in total. The molecule has 0 radical (unpaired) electrons. The van der Waals surface area contributed by atoms with Crippen molar-refractivity contribution in [1.29, 1.82) is 0 Å². The number of aliphatic carboxylic acids is 1. The smallest absolute Gasteiger partial charge is 0.348 e. The minimum absolute atomic E-state index is 0.103. The molecule has 0 bridgehead atoms. The summed E-state index contributed by atoms with van der Waals surface area (Å²) in [5, 5.41) is 18.7. The van der Waals surface area contributed by atoms with Crippen molar-refractivity contribution in [2.45, 2.75) is 30.5 Å². The molecule has 2 aromatic rings. The number of thioether (sulfide) groups is 1. The van der Waals surface area contributed by atoms with Crippen molar-refractivity contribution in [2.75, 3.05) is 7.11 Å². The van der Waals surface area contributed by atoms with Gasteiger partial charge in [-0.1, -0.05) is 12.1 Å². The molecule has 2 aromatic carbocycles. The number of hydrogen-bond donors (Lipinski definition) is 2. The average molecular weight is 362 g/mol. The molecule has 0 aliphatic rings. The highest BCUT2D eigenvalue weighted by molar-refractivity contribution is 7.99. The summed E-state index contributed by atoms with van der Waals surface area (Å²) in [5.41, 5.74) is -0.316. The average Bonchev–Trinajstić information content (AvgIpc) is 2.61. The molecule has 0 spiro atoms. The molecule has 2 N–H and O–H groups in total. The molecule has 134 valence electrons. The second kappa shape index (κ2) is 8.16. The van der Waals surface area contributed by atoms with Crippen LogP contribution in [0.5, 0.6) is 17.2 Å². The number of ether oxygens (including phenoxy) is 2. The predicted molar refractivity (Wildman–Crippen MR) is 98.5 cm³/mol. The summed E-state index contributed by atoms with van der Waals surface area (Å²) in [6, 6.07) is 13.7. The molecule has 0 heterocycles. The Bertz CT molecular complexity index is 699. The number of phenols is 1. The largest absolute Gasteiger partial charge is 0.508 e. The number of benzene rings is 2. The zero-order valence-corrected chi connectivity index (χ0v) is 15.2. The normalized spacial score (nSPS) is 14.4. The maximum Gasteiger partial charge on any atom is 0.348 e. The van der Waals surface area contributed by atoms with Crippen molar-refractivity contribution in [1.82, 2.24) is 0 Å². The Morgan fingerprint density at radius 3 is 2.20 bits per heavy atom. The van der Waals surface area contributed by atoms with E-state index in [1.54, 1.807) is 26.2 Å². The van der Waals surface area contributed by atoms with Gasteiger partial charge < -0.3 is 19.7 Å². The highest BCUT2D eigenvalue weighted by Gasteiger charge is 2.42. The Morgan fingerprint density at radius 1 is 1.12 bits per heavy atom. The Balaban J connectivity index is 2.06. The fraction of sp³-hybridized carbons (Fsp3) is 0.316. The van der Waals surface area contributed by atoms with Crippen LogP contribution in [0.3, 0.4) is 0 Å². The summed E-state index contributed by atoms with van der Waals surface area (Å²) < 4.78 is 10.9.